The minimum absolute atomic E-state index is 0.00301. The average Bonchev–Trinajstić information content (AvgIpc) is 2.45. The molecule has 0 aromatic carbocycles. The topological polar surface area (TPSA) is 68.3 Å². The number of aromatic nitrogens is 1. The number of pyridine rings is 1. The van der Waals surface area contributed by atoms with Crippen molar-refractivity contribution in [2.45, 2.75) is 39.7 Å². The van der Waals surface area contributed by atoms with Crippen molar-refractivity contribution in [1.29, 1.82) is 0 Å². The number of carbonyl (C=O) groups is 2. The van der Waals surface area contributed by atoms with Crippen molar-refractivity contribution in [1.82, 2.24) is 4.98 Å². The smallest absolute Gasteiger partial charge is 0.328 e. The van der Waals surface area contributed by atoms with E-state index in [1.807, 2.05) is 13.8 Å². The number of hydrogen-bond acceptors (Lipinski definition) is 5. The van der Waals surface area contributed by atoms with Crippen molar-refractivity contribution in [2.24, 2.45) is 5.92 Å². The molecular weight excluding hydrogens is 256 g/mol. The SMILES string of the molecule is CCC(=O)c1ccc(NC(CC(C)C)C(=O)OC)cn1. The molecule has 0 aliphatic rings. The Morgan fingerprint density at radius 2 is 2.05 bits per heavy atom. The standard InChI is InChI=1S/C15H22N2O3/c1-5-14(18)12-7-6-11(9-16-12)17-13(8-10(2)3)15(19)20-4/h6-7,9-10,13,17H,5,8H2,1-4H3. The highest BCUT2D eigenvalue weighted by atomic mass is 16.5. The van der Waals surface area contributed by atoms with Gasteiger partial charge in [0, 0.05) is 6.42 Å². The van der Waals surface area contributed by atoms with Crippen LogP contribution in [0.25, 0.3) is 0 Å². The van der Waals surface area contributed by atoms with Crippen molar-refractivity contribution in [2.75, 3.05) is 12.4 Å². The van der Waals surface area contributed by atoms with Gasteiger partial charge in [-0.3, -0.25) is 9.78 Å². The van der Waals surface area contributed by atoms with E-state index in [1.54, 1.807) is 25.3 Å². The number of carbonyl (C=O) groups excluding carboxylic acids is 2. The Kier molecular flexibility index (Phi) is 6.15. The van der Waals surface area contributed by atoms with Crippen molar-refractivity contribution >= 4 is 17.4 Å². The summed E-state index contributed by atoms with van der Waals surface area (Å²) in [5.74, 6) is 0.0659. The molecule has 0 bridgehead atoms. The minimum Gasteiger partial charge on any atom is -0.467 e. The van der Waals surface area contributed by atoms with Crippen LogP contribution in [0.1, 0.15) is 44.1 Å². The fraction of sp³-hybridized carbons (Fsp3) is 0.533. The highest BCUT2D eigenvalue weighted by molar-refractivity contribution is 5.94. The molecule has 1 rings (SSSR count). The number of nitrogens with zero attached hydrogens (tertiary/aromatic N) is 1. The zero-order valence-electron chi connectivity index (χ0n) is 12.5. The number of ketones is 1. The number of Topliss-reactive ketones (excluding diaryl/α,β-unsaturated/α-hetero) is 1. The first-order valence-corrected chi connectivity index (χ1v) is 6.81. The molecule has 20 heavy (non-hydrogen) atoms. The van der Waals surface area contributed by atoms with E-state index in [-0.39, 0.29) is 11.8 Å². The Bertz CT molecular complexity index is 455. The lowest BCUT2D eigenvalue weighted by Gasteiger charge is -2.19. The third-order valence-electron chi connectivity index (χ3n) is 2.90. The first-order chi connectivity index (χ1) is 9.47. The van der Waals surface area contributed by atoms with E-state index in [0.717, 1.165) is 0 Å². The number of anilines is 1. The van der Waals surface area contributed by atoms with Gasteiger partial charge in [-0.05, 0) is 24.5 Å². The first-order valence-electron chi connectivity index (χ1n) is 6.81. The Morgan fingerprint density at radius 3 is 2.50 bits per heavy atom. The average molecular weight is 278 g/mol. The van der Waals surface area contributed by atoms with Crippen molar-refractivity contribution in [3.05, 3.63) is 24.0 Å². The predicted octanol–water partition coefficient (Wildman–Crippen LogP) is 2.67. The maximum absolute atomic E-state index is 11.7. The summed E-state index contributed by atoms with van der Waals surface area (Å²) >= 11 is 0. The first kappa shape index (κ1) is 16.1. The van der Waals surface area contributed by atoms with Gasteiger partial charge < -0.3 is 10.1 Å². The van der Waals surface area contributed by atoms with Crippen LogP contribution in [0.3, 0.4) is 0 Å². The van der Waals surface area contributed by atoms with Crippen molar-refractivity contribution < 1.29 is 14.3 Å². The molecule has 110 valence electrons. The van der Waals surface area contributed by atoms with Crippen LogP contribution >= 0.6 is 0 Å². The number of esters is 1. The van der Waals surface area contributed by atoms with Gasteiger partial charge in [0.25, 0.3) is 0 Å². The molecule has 1 N–H and O–H groups in total. The maximum Gasteiger partial charge on any atom is 0.328 e. The number of hydrogen-bond donors (Lipinski definition) is 1. The molecule has 0 amide bonds. The fourth-order valence-corrected chi connectivity index (χ4v) is 1.85. The lowest BCUT2D eigenvalue weighted by molar-refractivity contribution is -0.141. The van der Waals surface area contributed by atoms with Gasteiger partial charge in [-0.25, -0.2) is 4.79 Å². The van der Waals surface area contributed by atoms with Gasteiger partial charge in [0.2, 0.25) is 0 Å². The van der Waals surface area contributed by atoms with E-state index in [0.29, 0.717) is 30.1 Å². The summed E-state index contributed by atoms with van der Waals surface area (Å²) in [5.41, 5.74) is 1.14. The van der Waals surface area contributed by atoms with E-state index in [2.05, 4.69) is 10.3 Å². The minimum atomic E-state index is -0.408. The second-order valence-corrected chi connectivity index (χ2v) is 5.06. The number of ether oxygens (including phenoxy) is 1. The molecule has 1 aromatic heterocycles. The van der Waals surface area contributed by atoms with Crippen molar-refractivity contribution in [3.63, 3.8) is 0 Å². The fourth-order valence-electron chi connectivity index (χ4n) is 1.85. The van der Waals surface area contributed by atoms with Gasteiger partial charge in [0.15, 0.2) is 5.78 Å². The zero-order valence-corrected chi connectivity index (χ0v) is 12.5. The number of rotatable bonds is 7. The molecule has 0 aliphatic heterocycles. The summed E-state index contributed by atoms with van der Waals surface area (Å²) in [6.45, 7) is 5.88. The van der Waals surface area contributed by atoms with E-state index in [4.69, 9.17) is 4.74 Å². The summed E-state index contributed by atoms with van der Waals surface area (Å²) < 4.78 is 4.79. The van der Waals surface area contributed by atoms with Gasteiger partial charge in [0.1, 0.15) is 11.7 Å². The lowest BCUT2D eigenvalue weighted by Crippen LogP contribution is -2.32. The zero-order chi connectivity index (χ0) is 15.1. The molecule has 1 unspecified atom stereocenters. The molecule has 5 heteroatoms. The molecule has 0 fully saturated rings. The molecule has 0 saturated carbocycles. The second kappa shape index (κ2) is 7.62. The Labute approximate surface area is 119 Å². The maximum atomic E-state index is 11.7. The van der Waals surface area contributed by atoms with E-state index in [1.165, 1.54) is 7.11 Å². The van der Waals surface area contributed by atoms with E-state index >= 15 is 0 Å². The second-order valence-electron chi connectivity index (χ2n) is 5.06. The van der Waals surface area contributed by atoms with Crippen LogP contribution in [0.4, 0.5) is 5.69 Å². The van der Waals surface area contributed by atoms with Crippen LogP contribution in [0, 0.1) is 5.92 Å². The van der Waals surface area contributed by atoms with Gasteiger partial charge >= 0.3 is 5.97 Å². The normalized spacial score (nSPS) is 12.1. The van der Waals surface area contributed by atoms with Crippen LogP contribution in [0.15, 0.2) is 18.3 Å². The lowest BCUT2D eigenvalue weighted by atomic mass is 10.0. The largest absolute Gasteiger partial charge is 0.467 e. The molecule has 0 spiro atoms. The van der Waals surface area contributed by atoms with Gasteiger partial charge in [-0.2, -0.15) is 0 Å². The van der Waals surface area contributed by atoms with E-state index in [9.17, 15) is 9.59 Å². The third kappa shape index (κ3) is 4.64. The summed E-state index contributed by atoms with van der Waals surface area (Å²) in [7, 11) is 1.37. The molecule has 1 atom stereocenters. The summed E-state index contributed by atoms with van der Waals surface area (Å²) in [4.78, 5) is 27.3. The van der Waals surface area contributed by atoms with Crippen LogP contribution < -0.4 is 5.32 Å². The number of nitrogens with one attached hydrogen (secondary N) is 1. The van der Waals surface area contributed by atoms with Crippen LogP contribution in [0.5, 0.6) is 0 Å². The third-order valence-corrected chi connectivity index (χ3v) is 2.90. The molecule has 0 aliphatic carbocycles. The Morgan fingerprint density at radius 1 is 1.35 bits per heavy atom. The number of methoxy groups -OCH3 is 1. The Hall–Kier alpha value is -1.91. The molecule has 0 radical (unpaired) electrons. The predicted molar refractivity (Wildman–Crippen MR) is 77.7 cm³/mol. The summed E-state index contributed by atoms with van der Waals surface area (Å²) in [5, 5.41) is 3.10. The molecule has 0 saturated heterocycles. The molecular formula is C15H22N2O3. The quantitative estimate of drug-likeness (QED) is 0.613. The molecule has 1 aromatic rings. The highest BCUT2D eigenvalue weighted by Crippen LogP contribution is 2.14. The van der Waals surface area contributed by atoms with Crippen LogP contribution in [0.2, 0.25) is 0 Å². The van der Waals surface area contributed by atoms with E-state index < -0.39 is 6.04 Å². The van der Waals surface area contributed by atoms with Crippen LogP contribution in [-0.2, 0) is 9.53 Å². The Balaban J connectivity index is 2.78. The summed E-state index contributed by atoms with van der Waals surface area (Å²) in [6, 6.07) is 3.01. The summed E-state index contributed by atoms with van der Waals surface area (Å²) in [6.07, 6.45) is 2.67. The molecule has 1 heterocycles. The van der Waals surface area contributed by atoms with Gasteiger partial charge in [0.05, 0.1) is 19.0 Å². The molecule has 5 nitrogen and oxygen atoms in total. The van der Waals surface area contributed by atoms with Crippen molar-refractivity contribution in [3.8, 4) is 0 Å². The monoisotopic (exact) mass is 278 g/mol. The van der Waals surface area contributed by atoms with Gasteiger partial charge in [-0.1, -0.05) is 20.8 Å². The van der Waals surface area contributed by atoms with Gasteiger partial charge in [-0.15, -0.1) is 0 Å². The van der Waals surface area contributed by atoms with Crippen LogP contribution in [-0.4, -0.2) is 29.9 Å². The highest BCUT2D eigenvalue weighted by Gasteiger charge is 2.20.